The van der Waals surface area contributed by atoms with E-state index in [0.717, 1.165) is 25.3 Å². The number of benzene rings is 1. The topological polar surface area (TPSA) is 67.4 Å². The lowest BCUT2D eigenvalue weighted by Gasteiger charge is -2.08. The molecule has 0 radical (unpaired) electrons. The van der Waals surface area contributed by atoms with Crippen LogP contribution in [-0.2, 0) is 10.0 Å². The Morgan fingerprint density at radius 3 is 2.52 bits per heavy atom. The van der Waals surface area contributed by atoms with Crippen LogP contribution in [0.25, 0.3) is 0 Å². The fourth-order valence-electron chi connectivity index (χ4n) is 2.07. The van der Waals surface area contributed by atoms with E-state index < -0.39 is 10.0 Å². The van der Waals surface area contributed by atoms with Gasteiger partial charge in [0.15, 0.2) is 0 Å². The molecule has 2 N–H and O–H groups in total. The summed E-state index contributed by atoms with van der Waals surface area (Å²) in [5.74, 6) is 1.52. The van der Waals surface area contributed by atoms with Gasteiger partial charge < -0.3 is 10.1 Å². The Morgan fingerprint density at radius 2 is 1.90 bits per heavy atom. The zero-order valence-electron chi connectivity index (χ0n) is 12.5. The molecule has 5 nitrogen and oxygen atoms in total. The summed E-state index contributed by atoms with van der Waals surface area (Å²) in [6.45, 7) is 1.82. The first-order valence-electron chi connectivity index (χ1n) is 7.49. The van der Waals surface area contributed by atoms with Crippen LogP contribution in [0.4, 0.5) is 0 Å². The second kappa shape index (κ2) is 7.77. The van der Waals surface area contributed by atoms with E-state index >= 15 is 0 Å². The van der Waals surface area contributed by atoms with Gasteiger partial charge in [0.25, 0.3) is 0 Å². The standard InChI is InChI=1S/C15H24N2O3S/c1-16-11-12-20-14-6-8-15(9-7-14)21(18,19)17-10-2-3-13-4-5-13/h6-9,13,16-17H,2-5,10-12H2,1H3. The zero-order chi connectivity index (χ0) is 15.1. The minimum Gasteiger partial charge on any atom is -0.492 e. The van der Waals surface area contributed by atoms with Crippen LogP contribution in [0.2, 0.25) is 0 Å². The Kier molecular flexibility index (Phi) is 6.02. The maximum atomic E-state index is 12.1. The van der Waals surface area contributed by atoms with Crippen LogP contribution in [0.15, 0.2) is 29.2 Å². The largest absolute Gasteiger partial charge is 0.492 e. The Labute approximate surface area is 127 Å². The van der Waals surface area contributed by atoms with Crippen LogP contribution >= 0.6 is 0 Å². The highest BCUT2D eigenvalue weighted by Gasteiger charge is 2.20. The molecule has 0 atom stereocenters. The number of rotatable bonds is 10. The predicted octanol–water partition coefficient (Wildman–Crippen LogP) is 1.75. The lowest BCUT2D eigenvalue weighted by Crippen LogP contribution is -2.24. The smallest absolute Gasteiger partial charge is 0.240 e. The van der Waals surface area contributed by atoms with Gasteiger partial charge in [0.2, 0.25) is 10.0 Å². The summed E-state index contributed by atoms with van der Waals surface area (Å²) >= 11 is 0. The normalized spacial score (nSPS) is 15.1. The third-order valence-corrected chi connectivity index (χ3v) is 5.01. The summed E-state index contributed by atoms with van der Waals surface area (Å²) in [5, 5.41) is 2.98. The number of hydrogen-bond acceptors (Lipinski definition) is 4. The molecule has 1 fully saturated rings. The van der Waals surface area contributed by atoms with Gasteiger partial charge in [-0.3, -0.25) is 0 Å². The number of likely N-dealkylation sites (N-methyl/N-ethyl adjacent to an activating group) is 1. The highest BCUT2D eigenvalue weighted by molar-refractivity contribution is 7.89. The van der Waals surface area contributed by atoms with Gasteiger partial charge in [-0.05, 0) is 50.1 Å². The molecule has 0 amide bonds. The fraction of sp³-hybridized carbons (Fsp3) is 0.600. The second-order valence-electron chi connectivity index (χ2n) is 5.41. The van der Waals surface area contributed by atoms with Gasteiger partial charge in [-0.1, -0.05) is 12.8 Å². The van der Waals surface area contributed by atoms with Crippen LogP contribution in [0.5, 0.6) is 5.75 Å². The van der Waals surface area contributed by atoms with E-state index in [9.17, 15) is 8.42 Å². The highest BCUT2D eigenvalue weighted by Crippen LogP contribution is 2.33. The molecule has 2 rings (SSSR count). The molecular formula is C15H24N2O3S. The van der Waals surface area contributed by atoms with Crippen molar-refractivity contribution in [3.8, 4) is 5.75 Å². The van der Waals surface area contributed by atoms with Gasteiger partial charge >= 0.3 is 0 Å². The molecule has 1 aromatic carbocycles. The van der Waals surface area contributed by atoms with Crippen molar-refractivity contribution in [2.45, 2.75) is 30.6 Å². The monoisotopic (exact) mass is 312 g/mol. The fourth-order valence-corrected chi connectivity index (χ4v) is 3.15. The van der Waals surface area contributed by atoms with E-state index in [2.05, 4.69) is 10.0 Å². The van der Waals surface area contributed by atoms with E-state index in [-0.39, 0.29) is 4.90 Å². The molecule has 0 spiro atoms. The quantitative estimate of drug-likeness (QED) is 0.646. The van der Waals surface area contributed by atoms with E-state index in [0.29, 0.717) is 18.9 Å². The first kappa shape index (κ1) is 16.3. The number of ether oxygens (including phenoxy) is 1. The van der Waals surface area contributed by atoms with Gasteiger partial charge in [-0.2, -0.15) is 0 Å². The molecule has 1 aliphatic rings. The van der Waals surface area contributed by atoms with E-state index in [4.69, 9.17) is 4.74 Å². The minimum atomic E-state index is -3.40. The molecule has 118 valence electrons. The molecule has 0 unspecified atom stereocenters. The summed E-state index contributed by atoms with van der Waals surface area (Å²) in [4.78, 5) is 0.287. The molecule has 0 bridgehead atoms. The Hall–Kier alpha value is -1.11. The Balaban J connectivity index is 1.80. The molecule has 1 aromatic rings. The lowest BCUT2D eigenvalue weighted by atomic mass is 10.2. The van der Waals surface area contributed by atoms with Crippen molar-refractivity contribution < 1.29 is 13.2 Å². The van der Waals surface area contributed by atoms with Crippen molar-refractivity contribution in [3.05, 3.63) is 24.3 Å². The average Bonchev–Trinajstić information content (AvgIpc) is 3.29. The number of sulfonamides is 1. The van der Waals surface area contributed by atoms with Crippen molar-refractivity contribution in [2.24, 2.45) is 5.92 Å². The Morgan fingerprint density at radius 1 is 1.19 bits per heavy atom. The van der Waals surface area contributed by atoms with E-state index in [1.54, 1.807) is 24.3 Å². The van der Waals surface area contributed by atoms with Crippen molar-refractivity contribution in [3.63, 3.8) is 0 Å². The molecule has 1 aliphatic carbocycles. The third-order valence-electron chi connectivity index (χ3n) is 3.53. The summed E-state index contributed by atoms with van der Waals surface area (Å²) in [6, 6.07) is 6.54. The van der Waals surface area contributed by atoms with Crippen LogP contribution < -0.4 is 14.8 Å². The summed E-state index contributed by atoms with van der Waals surface area (Å²) in [5.41, 5.74) is 0. The molecule has 0 heterocycles. The average molecular weight is 312 g/mol. The lowest BCUT2D eigenvalue weighted by molar-refractivity contribution is 0.318. The van der Waals surface area contributed by atoms with Crippen molar-refractivity contribution in [2.75, 3.05) is 26.7 Å². The SMILES string of the molecule is CNCCOc1ccc(S(=O)(=O)NCCCC2CC2)cc1. The molecule has 0 saturated heterocycles. The predicted molar refractivity (Wildman–Crippen MR) is 83.0 cm³/mol. The molecule has 6 heteroatoms. The van der Waals surface area contributed by atoms with Crippen molar-refractivity contribution in [1.82, 2.24) is 10.0 Å². The van der Waals surface area contributed by atoms with Crippen LogP contribution in [0.3, 0.4) is 0 Å². The van der Waals surface area contributed by atoms with Crippen LogP contribution in [-0.4, -0.2) is 35.2 Å². The van der Waals surface area contributed by atoms with Gasteiger partial charge in [0.05, 0.1) is 4.90 Å². The number of nitrogens with one attached hydrogen (secondary N) is 2. The van der Waals surface area contributed by atoms with Crippen LogP contribution in [0.1, 0.15) is 25.7 Å². The van der Waals surface area contributed by atoms with Crippen LogP contribution in [0, 0.1) is 5.92 Å². The first-order chi connectivity index (χ1) is 10.1. The van der Waals surface area contributed by atoms with Gasteiger partial charge in [0.1, 0.15) is 12.4 Å². The van der Waals surface area contributed by atoms with Gasteiger partial charge in [-0.25, -0.2) is 13.1 Å². The zero-order valence-corrected chi connectivity index (χ0v) is 13.3. The minimum absolute atomic E-state index is 0.287. The maximum absolute atomic E-state index is 12.1. The molecule has 1 saturated carbocycles. The van der Waals surface area contributed by atoms with Crippen molar-refractivity contribution in [1.29, 1.82) is 0 Å². The first-order valence-corrected chi connectivity index (χ1v) is 8.97. The highest BCUT2D eigenvalue weighted by atomic mass is 32.2. The Bertz CT molecular complexity index is 524. The van der Waals surface area contributed by atoms with Crippen molar-refractivity contribution >= 4 is 10.0 Å². The van der Waals surface area contributed by atoms with Gasteiger partial charge in [-0.15, -0.1) is 0 Å². The molecule has 21 heavy (non-hydrogen) atoms. The summed E-state index contributed by atoms with van der Waals surface area (Å²) in [6.07, 6.45) is 4.65. The molecule has 0 aromatic heterocycles. The molecule has 0 aliphatic heterocycles. The second-order valence-corrected chi connectivity index (χ2v) is 7.17. The van der Waals surface area contributed by atoms with Gasteiger partial charge in [0, 0.05) is 13.1 Å². The van der Waals surface area contributed by atoms with E-state index in [1.165, 1.54) is 12.8 Å². The summed E-state index contributed by atoms with van der Waals surface area (Å²) < 4.78 is 32.3. The third kappa shape index (κ3) is 5.65. The van der Waals surface area contributed by atoms with E-state index in [1.807, 2.05) is 7.05 Å². The maximum Gasteiger partial charge on any atom is 0.240 e. The molecular weight excluding hydrogens is 288 g/mol. The summed E-state index contributed by atoms with van der Waals surface area (Å²) in [7, 11) is -1.54. The number of hydrogen-bond donors (Lipinski definition) is 2.